The van der Waals surface area contributed by atoms with Gasteiger partial charge in [0.15, 0.2) is 0 Å². The van der Waals surface area contributed by atoms with Crippen molar-refractivity contribution in [2.75, 3.05) is 13.2 Å². The summed E-state index contributed by atoms with van der Waals surface area (Å²) in [5.74, 6) is -0.176. The van der Waals surface area contributed by atoms with E-state index in [1.54, 1.807) is 30.6 Å². The lowest BCUT2D eigenvalue weighted by molar-refractivity contribution is 0.221. The molecule has 0 radical (unpaired) electrons. The number of aromatic nitrogens is 2. The van der Waals surface area contributed by atoms with E-state index in [9.17, 15) is 9.50 Å². The summed E-state index contributed by atoms with van der Waals surface area (Å²) in [5.41, 5.74) is 2.59. The molecule has 2 N–H and O–H groups in total. The van der Waals surface area contributed by atoms with Crippen molar-refractivity contribution in [1.82, 2.24) is 15.3 Å². The molecule has 1 unspecified atom stereocenters. The van der Waals surface area contributed by atoms with Crippen molar-refractivity contribution in [3.05, 3.63) is 71.9 Å². The van der Waals surface area contributed by atoms with E-state index in [-0.39, 0.29) is 18.3 Å². The van der Waals surface area contributed by atoms with Crippen LogP contribution in [0.2, 0.25) is 0 Å². The molecule has 0 saturated carbocycles. The van der Waals surface area contributed by atoms with Gasteiger partial charge in [-0.25, -0.2) is 4.39 Å². The predicted octanol–water partition coefficient (Wildman–Crippen LogP) is 2.71. The molecule has 24 heavy (non-hydrogen) atoms. The lowest BCUT2D eigenvalue weighted by atomic mass is 10.0. The van der Waals surface area contributed by atoms with Gasteiger partial charge < -0.3 is 10.4 Å². The molecule has 0 bridgehead atoms. The highest BCUT2D eigenvalue weighted by molar-refractivity contribution is 5.82. The Hall–Kier alpha value is -2.37. The molecule has 0 amide bonds. The number of hydrogen-bond acceptors (Lipinski definition) is 4. The number of pyridine rings is 2. The monoisotopic (exact) mass is 325 g/mol. The summed E-state index contributed by atoms with van der Waals surface area (Å²) in [7, 11) is 0. The minimum atomic E-state index is -0.259. The van der Waals surface area contributed by atoms with Gasteiger partial charge in [0, 0.05) is 43.2 Å². The molecule has 3 aromatic rings. The molecule has 0 fully saturated rings. The zero-order valence-corrected chi connectivity index (χ0v) is 13.3. The maximum absolute atomic E-state index is 13.8. The number of hydrogen-bond donors (Lipinski definition) is 2. The second kappa shape index (κ2) is 7.95. The van der Waals surface area contributed by atoms with E-state index in [0.717, 1.165) is 11.3 Å². The van der Waals surface area contributed by atoms with E-state index < -0.39 is 0 Å². The first-order valence-corrected chi connectivity index (χ1v) is 8.01. The molecule has 0 aliphatic heterocycles. The van der Waals surface area contributed by atoms with Gasteiger partial charge >= 0.3 is 0 Å². The Kier molecular flexibility index (Phi) is 5.46. The Balaban J connectivity index is 1.62. The van der Waals surface area contributed by atoms with Gasteiger partial charge in [-0.3, -0.25) is 9.97 Å². The number of nitrogens with one attached hydrogen (secondary N) is 1. The Morgan fingerprint density at radius 1 is 1.04 bits per heavy atom. The SMILES string of the molecule is OCC(CNCc1ccc(F)c2cccnc12)Cc1ccccn1. The number of nitrogens with zero attached hydrogens (tertiary/aromatic N) is 2. The van der Waals surface area contributed by atoms with Crippen LogP contribution in [0.4, 0.5) is 4.39 Å². The van der Waals surface area contributed by atoms with Crippen LogP contribution in [-0.2, 0) is 13.0 Å². The maximum Gasteiger partial charge on any atom is 0.132 e. The van der Waals surface area contributed by atoms with E-state index in [4.69, 9.17) is 0 Å². The summed E-state index contributed by atoms with van der Waals surface area (Å²) in [4.78, 5) is 8.58. The van der Waals surface area contributed by atoms with Gasteiger partial charge in [0.2, 0.25) is 0 Å². The molecular formula is C19H20FN3O. The van der Waals surface area contributed by atoms with E-state index >= 15 is 0 Å². The van der Waals surface area contributed by atoms with Gasteiger partial charge in [-0.2, -0.15) is 0 Å². The number of aliphatic hydroxyl groups excluding tert-OH is 1. The van der Waals surface area contributed by atoms with E-state index in [0.29, 0.717) is 30.4 Å². The van der Waals surface area contributed by atoms with Crippen LogP contribution in [0.5, 0.6) is 0 Å². The van der Waals surface area contributed by atoms with E-state index in [1.807, 2.05) is 18.2 Å². The third kappa shape index (κ3) is 3.93. The molecule has 0 spiro atoms. The van der Waals surface area contributed by atoms with Gasteiger partial charge in [-0.1, -0.05) is 12.1 Å². The fourth-order valence-corrected chi connectivity index (χ4v) is 2.77. The van der Waals surface area contributed by atoms with Crippen molar-refractivity contribution in [2.24, 2.45) is 5.92 Å². The lowest BCUT2D eigenvalue weighted by Gasteiger charge is -2.15. The maximum atomic E-state index is 13.8. The van der Waals surface area contributed by atoms with Crippen LogP contribution in [-0.4, -0.2) is 28.2 Å². The number of benzene rings is 1. The summed E-state index contributed by atoms with van der Waals surface area (Å²) < 4.78 is 13.8. The van der Waals surface area contributed by atoms with Gasteiger partial charge in [-0.15, -0.1) is 0 Å². The molecule has 0 aliphatic rings. The summed E-state index contributed by atoms with van der Waals surface area (Å²) in [6.07, 6.45) is 4.14. The number of fused-ring (bicyclic) bond motifs is 1. The normalized spacial score (nSPS) is 12.4. The van der Waals surface area contributed by atoms with Crippen LogP contribution in [0.15, 0.2) is 54.9 Å². The van der Waals surface area contributed by atoms with Crippen LogP contribution in [0.25, 0.3) is 10.9 Å². The minimum Gasteiger partial charge on any atom is -0.396 e. The first kappa shape index (κ1) is 16.5. The fourth-order valence-electron chi connectivity index (χ4n) is 2.77. The average Bonchev–Trinajstić information content (AvgIpc) is 2.64. The largest absolute Gasteiger partial charge is 0.396 e. The molecular weight excluding hydrogens is 305 g/mol. The van der Waals surface area contributed by atoms with Crippen molar-refractivity contribution in [3.8, 4) is 0 Å². The molecule has 0 aliphatic carbocycles. The highest BCUT2D eigenvalue weighted by atomic mass is 19.1. The number of rotatable bonds is 7. The molecule has 1 atom stereocenters. The van der Waals surface area contributed by atoms with Crippen LogP contribution in [0.3, 0.4) is 0 Å². The van der Waals surface area contributed by atoms with Gasteiger partial charge in [-0.05, 0) is 48.2 Å². The Morgan fingerprint density at radius 3 is 2.71 bits per heavy atom. The van der Waals surface area contributed by atoms with Gasteiger partial charge in [0.1, 0.15) is 5.82 Å². The van der Waals surface area contributed by atoms with Crippen LogP contribution in [0, 0.1) is 11.7 Å². The number of aliphatic hydroxyl groups is 1. The Labute approximate surface area is 140 Å². The van der Waals surface area contributed by atoms with Crippen molar-refractivity contribution >= 4 is 10.9 Å². The standard InChI is InChI=1S/C19H20FN3O/c20-18-7-6-15(19-17(18)5-3-9-23-19)12-21-11-14(13-24)10-16-4-1-2-8-22-16/h1-9,14,21,24H,10-13H2. The van der Waals surface area contributed by atoms with Crippen molar-refractivity contribution in [1.29, 1.82) is 0 Å². The highest BCUT2D eigenvalue weighted by Crippen LogP contribution is 2.19. The Bertz CT molecular complexity index is 795. The molecule has 3 rings (SSSR count). The summed E-state index contributed by atoms with van der Waals surface area (Å²) >= 11 is 0. The third-order valence-electron chi connectivity index (χ3n) is 4.03. The smallest absolute Gasteiger partial charge is 0.132 e. The minimum absolute atomic E-state index is 0.0829. The fraction of sp³-hybridized carbons (Fsp3) is 0.263. The zero-order chi connectivity index (χ0) is 16.8. The predicted molar refractivity (Wildman–Crippen MR) is 91.9 cm³/mol. The first-order chi connectivity index (χ1) is 11.8. The molecule has 124 valence electrons. The van der Waals surface area contributed by atoms with Crippen molar-refractivity contribution in [3.63, 3.8) is 0 Å². The molecule has 0 saturated heterocycles. The highest BCUT2D eigenvalue weighted by Gasteiger charge is 2.11. The number of halogens is 1. The summed E-state index contributed by atoms with van der Waals surface area (Å²) in [6, 6.07) is 12.5. The van der Waals surface area contributed by atoms with Crippen molar-refractivity contribution in [2.45, 2.75) is 13.0 Å². The zero-order valence-electron chi connectivity index (χ0n) is 13.3. The lowest BCUT2D eigenvalue weighted by Crippen LogP contribution is -2.26. The third-order valence-corrected chi connectivity index (χ3v) is 4.03. The van der Waals surface area contributed by atoms with Crippen molar-refractivity contribution < 1.29 is 9.50 Å². The molecule has 2 aromatic heterocycles. The van der Waals surface area contributed by atoms with E-state index in [2.05, 4.69) is 15.3 Å². The topological polar surface area (TPSA) is 58.0 Å². The first-order valence-electron chi connectivity index (χ1n) is 8.01. The molecule has 1 aromatic carbocycles. The van der Waals surface area contributed by atoms with Crippen LogP contribution in [0.1, 0.15) is 11.3 Å². The summed E-state index contributed by atoms with van der Waals surface area (Å²) in [6.45, 7) is 1.32. The van der Waals surface area contributed by atoms with Gasteiger partial charge in [0.25, 0.3) is 0 Å². The van der Waals surface area contributed by atoms with Crippen LogP contribution >= 0.6 is 0 Å². The van der Waals surface area contributed by atoms with E-state index in [1.165, 1.54) is 6.07 Å². The molecule has 2 heterocycles. The molecule has 4 nitrogen and oxygen atoms in total. The Morgan fingerprint density at radius 2 is 1.92 bits per heavy atom. The quantitative estimate of drug-likeness (QED) is 0.701. The second-order valence-electron chi connectivity index (χ2n) is 5.81. The average molecular weight is 325 g/mol. The second-order valence-corrected chi connectivity index (χ2v) is 5.81. The van der Waals surface area contributed by atoms with Crippen LogP contribution < -0.4 is 5.32 Å². The van der Waals surface area contributed by atoms with Gasteiger partial charge in [0.05, 0.1) is 5.52 Å². The summed E-state index contributed by atoms with van der Waals surface area (Å²) in [5, 5.41) is 13.4. The molecule has 5 heteroatoms.